The fraction of sp³-hybridized carbons (Fsp3) is 0.353. The van der Waals surface area contributed by atoms with Crippen molar-refractivity contribution in [1.29, 1.82) is 0 Å². The van der Waals surface area contributed by atoms with E-state index in [-0.39, 0.29) is 22.8 Å². The minimum absolute atomic E-state index is 0.0130. The van der Waals surface area contributed by atoms with E-state index in [0.29, 0.717) is 6.54 Å². The number of piperidine rings is 1. The number of amides is 1. The first kappa shape index (κ1) is 16.7. The van der Waals surface area contributed by atoms with E-state index in [1.54, 1.807) is 4.90 Å². The molecular weight excluding hydrogens is 328 g/mol. The maximum absolute atomic E-state index is 12.7. The first-order chi connectivity index (χ1) is 11.4. The summed E-state index contributed by atoms with van der Waals surface area (Å²) < 4.78 is 27.8. The average Bonchev–Trinajstić information content (AvgIpc) is 3.06. The van der Waals surface area contributed by atoms with Gasteiger partial charge in [0.2, 0.25) is 5.09 Å². The number of carbonyl (C=O) groups excluding carboxylic acids is 1. The Balaban J connectivity index is 1.79. The number of sulfonamides is 1. The van der Waals surface area contributed by atoms with Gasteiger partial charge in [0.15, 0.2) is 5.76 Å². The van der Waals surface area contributed by atoms with E-state index in [1.165, 1.54) is 17.7 Å². The van der Waals surface area contributed by atoms with Gasteiger partial charge in [-0.2, -0.15) is 0 Å². The first-order valence-corrected chi connectivity index (χ1v) is 9.47. The minimum atomic E-state index is -3.95. The number of nitrogens with two attached hydrogens (primary N) is 1. The SMILES string of the molecule is NS(=O)(=O)c1ccc(C(=O)N2CCCC[C@H]2Cc2ccccc2)o1. The van der Waals surface area contributed by atoms with Crippen LogP contribution >= 0.6 is 0 Å². The minimum Gasteiger partial charge on any atom is -0.438 e. The molecule has 0 spiro atoms. The summed E-state index contributed by atoms with van der Waals surface area (Å²) in [7, 11) is -3.95. The topological polar surface area (TPSA) is 93.6 Å². The number of rotatable bonds is 4. The number of hydrogen-bond acceptors (Lipinski definition) is 4. The van der Waals surface area contributed by atoms with Crippen LogP contribution in [0, 0.1) is 0 Å². The lowest BCUT2D eigenvalue weighted by atomic mass is 9.95. The Hall–Kier alpha value is -2.12. The number of carbonyl (C=O) groups is 1. The number of furan rings is 1. The molecule has 0 bridgehead atoms. The highest BCUT2D eigenvalue weighted by Gasteiger charge is 2.30. The zero-order chi connectivity index (χ0) is 17.2. The molecule has 1 aromatic heterocycles. The molecule has 1 aliphatic rings. The second kappa shape index (κ2) is 6.78. The van der Waals surface area contributed by atoms with Crippen LogP contribution in [-0.2, 0) is 16.4 Å². The summed E-state index contributed by atoms with van der Waals surface area (Å²) in [5.41, 5.74) is 1.17. The van der Waals surface area contributed by atoms with Crippen molar-refractivity contribution in [3.05, 3.63) is 53.8 Å². The molecule has 0 unspecified atom stereocenters. The molecule has 1 saturated heterocycles. The van der Waals surface area contributed by atoms with Crippen LogP contribution in [0.3, 0.4) is 0 Å². The summed E-state index contributed by atoms with van der Waals surface area (Å²) in [4.78, 5) is 14.5. The van der Waals surface area contributed by atoms with Gasteiger partial charge in [-0.05, 0) is 43.4 Å². The third-order valence-corrected chi connectivity index (χ3v) is 5.05. The van der Waals surface area contributed by atoms with E-state index in [2.05, 4.69) is 0 Å². The highest BCUT2D eigenvalue weighted by atomic mass is 32.2. The monoisotopic (exact) mass is 348 g/mol. The van der Waals surface area contributed by atoms with E-state index in [4.69, 9.17) is 9.56 Å². The molecule has 2 aromatic rings. The van der Waals surface area contributed by atoms with Gasteiger partial charge in [0.1, 0.15) is 0 Å². The molecule has 0 saturated carbocycles. The van der Waals surface area contributed by atoms with Crippen molar-refractivity contribution < 1.29 is 17.6 Å². The Morgan fingerprint density at radius 1 is 1.17 bits per heavy atom. The van der Waals surface area contributed by atoms with Crippen molar-refractivity contribution in [1.82, 2.24) is 4.90 Å². The average molecular weight is 348 g/mol. The van der Waals surface area contributed by atoms with Gasteiger partial charge in [0.25, 0.3) is 15.9 Å². The summed E-state index contributed by atoms with van der Waals surface area (Å²) in [6, 6.07) is 12.7. The number of likely N-dealkylation sites (tertiary alicyclic amines) is 1. The Morgan fingerprint density at radius 3 is 2.58 bits per heavy atom. The smallest absolute Gasteiger partial charge is 0.289 e. The van der Waals surface area contributed by atoms with Crippen LogP contribution in [-0.4, -0.2) is 31.8 Å². The summed E-state index contributed by atoms with van der Waals surface area (Å²) in [5.74, 6) is -0.274. The zero-order valence-corrected chi connectivity index (χ0v) is 14.0. The standard InChI is InChI=1S/C17H20N2O4S/c18-24(21,22)16-10-9-15(23-16)17(20)19-11-5-4-8-14(19)12-13-6-2-1-3-7-13/h1-3,6-7,9-10,14H,4-5,8,11-12H2,(H2,18,21,22)/t14-/m0/s1. The highest BCUT2D eigenvalue weighted by Crippen LogP contribution is 2.24. The van der Waals surface area contributed by atoms with Gasteiger partial charge in [-0.1, -0.05) is 30.3 Å². The Morgan fingerprint density at radius 2 is 1.92 bits per heavy atom. The van der Waals surface area contributed by atoms with E-state index in [9.17, 15) is 13.2 Å². The van der Waals surface area contributed by atoms with Crippen molar-refractivity contribution in [3.8, 4) is 0 Å². The van der Waals surface area contributed by atoms with Crippen LogP contribution in [0.2, 0.25) is 0 Å². The van der Waals surface area contributed by atoms with Crippen molar-refractivity contribution >= 4 is 15.9 Å². The van der Waals surface area contributed by atoms with Crippen LogP contribution < -0.4 is 5.14 Å². The normalized spacial score (nSPS) is 18.5. The maximum atomic E-state index is 12.7. The second-order valence-corrected chi connectivity index (χ2v) is 7.49. The predicted molar refractivity (Wildman–Crippen MR) is 88.9 cm³/mol. The molecule has 0 aliphatic carbocycles. The third-order valence-electron chi connectivity index (χ3n) is 4.27. The molecule has 6 nitrogen and oxygen atoms in total. The summed E-state index contributed by atoms with van der Waals surface area (Å²) in [5, 5.41) is 4.65. The summed E-state index contributed by atoms with van der Waals surface area (Å²) >= 11 is 0. The van der Waals surface area contributed by atoms with Gasteiger partial charge >= 0.3 is 0 Å². The molecule has 1 aliphatic heterocycles. The van der Waals surface area contributed by atoms with Crippen molar-refractivity contribution in [2.45, 2.75) is 36.8 Å². The number of benzene rings is 1. The fourth-order valence-electron chi connectivity index (χ4n) is 3.10. The van der Waals surface area contributed by atoms with Crippen molar-refractivity contribution in [2.24, 2.45) is 5.14 Å². The summed E-state index contributed by atoms with van der Waals surface area (Å²) in [6.45, 7) is 0.641. The van der Waals surface area contributed by atoms with E-state index in [1.807, 2.05) is 30.3 Å². The number of primary sulfonamides is 1. The van der Waals surface area contributed by atoms with Crippen molar-refractivity contribution in [3.63, 3.8) is 0 Å². The van der Waals surface area contributed by atoms with Gasteiger partial charge in [-0.15, -0.1) is 0 Å². The van der Waals surface area contributed by atoms with Crippen molar-refractivity contribution in [2.75, 3.05) is 6.54 Å². The van der Waals surface area contributed by atoms with Crippen LogP contribution in [0.4, 0.5) is 0 Å². The quantitative estimate of drug-likeness (QED) is 0.916. The predicted octanol–water partition coefficient (Wildman–Crippen LogP) is 2.16. The molecule has 0 radical (unpaired) electrons. The molecule has 1 amide bonds. The lowest BCUT2D eigenvalue weighted by molar-refractivity contribution is 0.0575. The number of nitrogens with zero attached hydrogens (tertiary/aromatic N) is 1. The second-order valence-electron chi connectivity index (χ2n) is 6.00. The molecule has 1 aromatic carbocycles. The number of hydrogen-bond donors (Lipinski definition) is 1. The largest absolute Gasteiger partial charge is 0.438 e. The van der Waals surface area contributed by atoms with Gasteiger partial charge in [-0.3, -0.25) is 4.79 Å². The lowest BCUT2D eigenvalue weighted by Gasteiger charge is -2.35. The van der Waals surface area contributed by atoms with Gasteiger partial charge < -0.3 is 9.32 Å². The van der Waals surface area contributed by atoms with Crippen LogP contribution in [0.5, 0.6) is 0 Å². The highest BCUT2D eigenvalue weighted by molar-refractivity contribution is 7.89. The molecule has 2 N–H and O–H groups in total. The zero-order valence-electron chi connectivity index (χ0n) is 13.2. The lowest BCUT2D eigenvalue weighted by Crippen LogP contribution is -2.44. The van der Waals surface area contributed by atoms with E-state index in [0.717, 1.165) is 25.7 Å². The van der Waals surface area contributed by atoms with Crippen LogP contribution in [0.1, 0.15) is 35.4 Å². The van der Waals surface area contributed by atoms with E-state index < -0.39 is 10.0 Å². The maximum Gasteiger partial charge on any atom is 0.289 e. The summed E-state index contributed by atoms with van der Waals surface area (Å²) in [6.07, 6.45) is 3.69. The molecule has 3 rings (SSSR count). The van der Waals surface area contributed by atoms with E-state index >= 15 is 0 Å². The molecule has 2 heterocycles. The Labute approximate surface area is 141 Å². The Bertz CT molecular complexity index is 814. The molecule has 1 fully saturated rings. The van der Waals surface area contributed by atoms with Crippen LogP contribution in [0.15, 0.2) is 52.0 Å². The first-order valence-electron chi connectivity index (χ1n) is 7.92. The van der Waals surface area contributed by atoms with Gasteiger partial charge in [-0.25, -0.2) is 13.6 Å². The third kappa shape index (κ3) is 3.68. The molecule has 128 valence electrons. The fourth-order valence-corrected chi connectivity index (χ4v) is 3.56. The van der Waals surface area contributed by atoms with Gasteiger partial charge in [0.05, 0.1) is 0 Å². The van der Waals surface area contributed by atoms with Gasteiger partial charge in [0, 0.05) is 12.6 Å². The molecule has 7 heteroatoms. The molecule has 24 heavy (non-hydrogen) atoms. The van der Waals surface area contributed by atoms with Crippen LogP contribution in [0.25, 0.3) is 0 Å². The Kier molecular flexibility index (Phi) is 4.73. The molecular formula is C17H20N2O4S. The molecule has 1 atom stereocenters.